The van der Waals surface area contributed by atoms with Gasteiger partial charge in [-0.2, -0.15) is 0 Å². The average Bonchev–Trinajstić information content (AvgIpc) is 2.77. The number of aryl methyl sites for hydroxylation is 1. The predicted octanol–water partition coefficient (Wildman–Crippen LogP) is 4.01. The fourth-order valence-electron chi connectivity index (χ4n) is 1.79. The molecule has 0 saturated heterocycles. The minimum Gasteiger partial charge on any atom is -0.496 e. The number of hydrogen-bond acceptors (Lipinski definition) is 3. The SMILES string of the molecule is COc1cccc(Cl)c1CNCc1ccc(C)s1. The maximum Gasteiger partial charge on any atom is 0.124 e. The molecule has 2 nitrogen and oxygen atoms in total. The zero-order valence-electron chi connectivity index (χ0n) is 10.5. The van der Waals surface area contributed by atoms with Crippen LogP contribution in [-0.2, 0) is 13.1 Å². The van der Waals surface area contributed by atoms with Crippen molar-refractivity contribution in [2.75, 3.05) is 7.11 Å². The van der Waals surface area contributed by atoms with E-state index in [-0.39, 0.29) is 0 Å². The van der Waals surface area contributed by atoms with Gasteiger partial charge >= 0.3 is 0 Å². The van der Waals surface area contributed by atoms with Gasteiger partial charge in [0.05, 0.1) is 7.11 Å². The van der Waals surface area contributed by atoms with Gasteiger partial charge in [0, 0.05) is 33.4 Å². The van der Waals surface area contributed by atoms with Crippen molar-refractivity contribution < 1.29 is 4.74 Å². The number of ether oxygens (including phenoxy) is 1. The van der Waals surface area contributed by atoms with Gasteiger partial charge in [0.15, 0.2) is 0 Å². The van der Waals surface area contributed by atoms with Crippen molar-refractivity contribution in [3.05, 3.63) is 50.7 Å². The van der Waals surface area contributed by atoms with Crippen LogP contribution in [0.15, 0.2) is 30.3 Å². The molecule has 0 aliphatic heterocycles. The summed E-state index contributed by atoms with van der Waals surface area (Å²) in [6.45, 7) is 3.68. The van der Waals surface area contributed by atoms with E-state index in [0.717, 1.165) is 22.9 Å². The number of halogens is 1. The first-order valence-electron chi connectivity index (χ1n) is 5.78. The Morgan fingerprint density at radius 1 is 1.22 bits per heavy atom. The van der Waals surface area contributed by atoms with Crippen molar-refractivity contribution in [1.29, 1.82) is 0 Å². The third kappa shape index (κ3) is 3.25. The molecule has 96 valence electrons. The van der Waals surface area contributed by atoms with Crippen molar-refractivity contribution in [3.8, 4) is 5.75 Å². The molecule has 2 rings (SSSR count). The van der Waals surface area contributed by atoms with E-state index in [0.29, 0.717) is 6.54 Å². The van der Waals surface area contributed by atoms with Crippen molar-refractivity contribution >= 4 is 22.9 Å². The maximum absolute atomic E-state index is 6.18. The summed E-state index contributed by atoms with van der Waals surface area (Å²) >= 11 is 7.99. The summed E-state index contributed by atoms with van der Waals surface area (Å²) < 4.78 is 5.31. The van der Waals surface area contributed by atoms with E-state index in [2.05, 4.69) is 24.4 Å². The van der Waals surface area contributed by atoms with Crippen molar-refractivity contribution in [2.45, 2.75) is 20.0 Å². The van der Waals surface area contributed by atoms with Gasteiger partial charge in [0.1, 0.15) is 5.75 Å². The summed E-state index contributed by atoms with van der Waals surface area (Å²) in [7, 11) is 1.66. The Morgan fingerprint density at radius 3 is 2.72 bits per heavy atom. The molecule has 1 aromatic carbocycles. The molecule has 0 spiro atoms. The Labute approximate surface area is 117 Å². The highest BCUT2D eigenvalue weighted by atomic mass is 35.5. The number of nitrogens with one attached hydrogen (secondary N) is 1. The van der Waals surface area contributed by atoms with Crippen LogP contribution in [0.2, 0.25) is 5.02 Å². The summed E-state index contributed by atoms with van der Waals surface area (Å²) in [5.74, 6) is 0.831. The topological polar surface area (TPSA) is 21.3 Å². The van der Waals surface area contributed by atoms with Gasteiger partial charge in [0.2, 0.25) is 0 Å². The van der Waals surface area contributed by atoms with Gasteiger partial charge in [0.25, 0.3) is 0 Å². The van der Waals surface area contributed by atoms with Crippen molar-refractivity contribution in [2.24, 2.45) is 0 Å². The Bertz CT molecular complexity index is 524. The predicted molar refractivity (Wildman–Crippen MR) is 77.6 cm³/mol. The summed E-state index contributed by atoms with van der Waals surface area (Å²) in [5.41, 5.74) is 1.01. The fourth-order valence-corrected chi connectivity index (χ4v) is 2.89. The Balaban J connectivity index is 1.98. The van der Waals surface area contributed by atoms with Crippen LogP contribution >= 0.6 is 22.9 Å². The zero-order chi connectivity index (χ0) is 13.0. The normalized spacial score (nSPS) is 10.6. The second-order valence-corrected chi connectivity index (χ2v) is 5.82. The van der Waals surface area contributed by atoms with Crippen LogP contribution in [0.25, 0.3) is 0 Å². The van der Waals surface area contributed by atoms with Gasteiger partial charge in [-0.1, -0.05) is 17.7 Å². The lowest BCUT2D eigenvalue weighted by atomic mass is 10.2. The maximum atomic E-state index is 6.18. The molecule has 4 heteroatoms. The first kappa shape index (κ1) is 13.4. The molecule has 0 atom stereocenters. The van der Waals surface area contributed by atoms with Crippen LogP contribution in [-0.4, -0.2) is 7.11 Å². The second-order valence-electron chi connectivity index (χ2n) is 4.04. The quantitative estimate of drug-likeness (QED) is 0.894. The number of hydrogen-bond donors (Lipinski definition) is 1. The lowest BCUT2D eigenvalue weighted by Crippen LogP contribution is -2.12. The third-order valence-electron chi connectivity index (χ3n) is 2.69. The van der Waals surface area contributed by atoms with Gasteiger partial charge in [-0.25, -0.2) is 0 Å². The van der Waals surface area contributed by atoms with E-state index in [9.17, 15) is 0 Å². The highest BCUT2D eigenvalue weighted by molar-refractivity contribution is 7.11. The van der Waals surface area contributed by atoms with E-state index in [1.807, 2.05) is 29.5 Å². The molecular formula is C14H16ClNOS. The molecule has 0 bridgehead atoms. The molecule has 1 heterocycles. The summed E-state index contributed by atoms with van der Waals surface area (Å²) in [5, 5.41) is 4.13. The summed E-state index contributed by atoms with van der Waals surface area (Å²) in [6.07, 6.45) is 0. The number of rotatable bonds is 5. The lowest BCUT2D eigenvalue weighted by Gasteiger charge is -2.10. The van der Waals surface area contributed by atoms with Gasteiger partial charge < -0.3 is 10.1 Å². The molecule has 0 aliphatic carbocycles. The highest BCUT2D eigenvalue weighted by Gasteiger charge is 2.07. The third-order valence-corrected chi connectivity index (χ3v) is 4.05. The fraction of sp³-hybridized carbons (Fsp3) is 0.286. The molecule has 0 unspecified atom stereocenters. The van der Waals surface area contributed by atoms with Gasteiger partial charge in [-0.05, 0) is 31.2 Å². The molecular weight excluding hydrogens is 266 g/mol. The number of benzene rings is 1. The Hall–Kier alpha value is -1.03. The summed E-state index contributed by atoms with van der Waals surface area (Å²) in [4.78, 5) is 2.67. The minimum atomic E-state index is 0.708. The molecule has 2 aromatic rings. The van der Waals surface area contributed by atoms with Crippen LogP contribution in [0.1, 0.15) is 15.3 Å². The van der Waals surface area contributed by atoms with E-state index >= 15 is 0 Å². The molecule has 1 aromatic heterocycles. The van der Waals surface area contributed by atoms with E-state index in [1.54, 1.807) is 7.11 Å². The van der Waals surface area contributed by atoms with Gasteiger partial charge in [-0.3, -0.25) is 0 Å². The first-order chi connectivity index (χ1) is 8.70. The largest absolute Gasteiger partial charge is 0.496 e. The van der Waals surface area contributed by atoms with E-state index in [4.69, 9.17) is 16.3 Å². The second kappa shape index (κ2) is 6.23. The monoisotopic (exact) mass is 281 g/mol. The van der Waals surface area contributed by atoms with Gasteiger partial charge in [-0.15, -0.1) is 11.3 Å². The molecule has 0 saturated carbocycles. The van der Waals surface area contributed by atoms with Crippen LogP contribution < -0.4 is 10.1 Å². The van der Waals surface area contributed by atoms with Crippen molar-refractivity contribution in [1.82, 2.24) is 5.32 Å². The average molecular weight is 282 g/mol. The number of methoxy groups -OCH3 is 1. The van der Waals surface area contributed by atoms with Crippen LogP contribution in [0.4, 0.5) is 0 Å². The molecule has 18 heavy (non-hydrogen) atoms. The minimum absolute atomic E-state index is 0.708. The van der Waals surface area contributed by atoms with E-state index in [1.165, 1.54) is 9.75 Å². The molecule has 0 amide bonds. The first-order valence-corrected chi connectivity index (χ1v) is 6.97. The summed E-state index contributed by atoms with van der Waals surface area (Å²) in [6, 6.07) is 10.00. The molecule has 1 N–H and O–H groups in total. The standard InChI is InChI=1S/C14H16ClNOS/c1-10-6-7-11(18-10)8-16-9-12-13(15)4-3-5-14(12)17-2/h3-7,16H,8-9H2,1-2H3. The smallest absolute Gasteiger partial charge is 0.124 e. The van der Waals surface area contributed by atoms with Crippen LogP contribution in [0.3, 0.4) is 0 Å². The molecule has 0 aliphatic rings. The number of thiophene rings is 1. The molecule has 0 radical (unpaired) electrons. The Morgan fingerprint density at radius 2 is 2.06 bits per heavy atom. The Kier molecular flexibility index (Phi) is 4.64. The van der Waals surface area contributed by atoms with E-state index < -0.39 is 0 Å². The lowest BCUT2D eigenvalue weighted by molar-refractivity contribution is 0.408. The van der Waals surface area contributed by atoms with Crippen molar-refractivity contribution in [3.63, 3.8) is 0 Å². The van der Waals surface area contributed by atoms with Crippen LogP contribution in [0, 0.1) is 6.92 Å². The molecule has 0 fully saturated rings. The highest BCUT2D eigenvalue weighted by Crippen LogP contribution is 2.26. The zero-order valence-corrected chi connectivity index (χ0v) is 12.1. The van der Waals surface area contributed by atoms with Crippen LogP contribution in [0.5, 0.6) is 5.75 Å².